The molecule has 0 saturated heterocycles. The zero-order valence-corrected chi connectivity index (χ0v) is 14.8. The number of rotatable bonds is 4. The van der Waals surface area contributed by atoms with Gasteiger partial charge in [-0.2, -0.15) is 4.98 Å². The highest BCUT2D eigenvalue weighted by atomic mass is 16.5. The molecule has 1 aromatic heterocycles. The first kappa shape index (κ1) is 16.8. The first-order chi connectivity index (χ1) is 13.2. The van der Waals surface area contributed by atoms with Gasteiger partial charge in [-0.05, 0) is 11.5 Å². The van der Waals surface area contributed by atoms with Crippen LogP contribution in [0.1, 0.15) is 5.89 Å². The summed E-state index contributed by atoms with van der Waals surface area (Å²) in [4.78, 5) is 18.4. The molecule has 27 heavy (non-hydrogen) atoms. The van der Waals surface area contributed by atoms with Crippen LogP contribution in [0.3, 0.4) is 0 Å². The number of nitrogens with one attached hydrogen (secondary N) is 1. The number of carbonyl (C=O) groups excluding carboxylic acids is 1. The molecule has 0 aliphatic carbocycles. The second kappa shape index (κ2) is 7.29. The molecule has 0 spiro atoms. The quantitative estimate of drug-likeness (QED) is 0.581. The lowest BCUT2D eigenvalue weighted by molar-refractivity contribution is 0.213. The Kier molecular flexibility index (Phi) is 4.53. The summed E-state index contributed by atoms with van der Waals surface area (Å²) >= 11 is 0. The number of carbonyl (C=O) groups is 1. The van der Waals surface area contributed by atoms with Crippen LogP contribution in [0.25, 0.3) is 22.2 Å². The van der Waals surface area contributed by atoms with E-state index < -0.39 is 0 Å². The average molecular weight is 358 g/mol. The van der Waals surface area contributed by atoms with Crippen molar-refractivity contribution in [3.63, 3.8) is 0 Å². The lowest BCUT2D eigenvalue weighted by Gasteiger charge is -2.16. The molecular weight excluding hydrogens is 340 g/mol. The maximum absolute atomic E-state index is 12.6. The fraction of sp³-hybridized carbons (Fsp3) is 0.0952. The summed E-state index contributed by atoms with van der Waals surface area (Å²) < 4.78 is 5.28. The summed E-state index contributed by atoms with van der Waals surface area (Å²) in [6, 6.07) is 23.1. The molecule has 0 radical (unpaired) electrons. The summed E-state index contributed by atoms with van der Waals surface area (Å²) in [5, 5.41) is 8.98. The van der Waals surface area contributed by atoms with Gasteiger partial charge in [0, 0.05) is 18.0 Å². The van der Waals surface area contributed by atoms with E-state index in [1.54, 1.807) is 7.05 Å². The van der Waals surface area contributed by atoms with E-state index >= 15 is 0 Å². The molecule has 0 atom stereocenters. The molecule has 1 heterocycles. The van der Waals surface area contributed by atoms with Crippen LogP contribution in [0, 0.1) is 0 Å². The maximum Gasteiger partial charge on any atom is 0.322 e. The van der Waals surface area contributed by atoms with Crippen molar-refractivity contribution in [2.75, 3.05) is 12.4 Å². The second-order valence-corrected chi connectivity index (χ2v) is 6.19. The van der Waals surface area contributed by atoms with Gasteiger partial charge < -0.3 is 14.7 Å². The van der Waals surface area contributed by atoms with Crippen LogP contribution in [0.4, 0.5) is 10.5 Å². The van der Waals surface area contributed by atoms with E-state index in [9.17, 15) is 4.79 Å². The van der Waals surface area contributed by atoms with Gasteiger partial charge in [0.05, 0.1) is 5.69 Å². The van der Waals surface area contributed by atoms with Crippen molar-refractivity contribution in [1.82, 2.24) is 15.0 Å². The molecule has 1 N–H and O–H groups in total. The number of hydrogen-bond acceptors (Lipinski definition) is 4. The van der Waals surface area contributed by atoms with Gasteiger partial charge in [0.1, 0.15) is 6.54 Å². The third kappa shape index (κ3) is 3.64. The van der Waals surface area contributed by atoms with Gasteiger partial charge in [0.25, 0.3) is 0 Å². The van der Waals surface area contributed by atoms with E-state index in [1.807, 2.05) is 72.8 Å². The Morgan fingerprint density at radius 2 is 1.74 bits per heavy atom. The summed E-state index contributed by atoms with van der Waals surface area (Å²) in [5.41, 5.74) is 1.64. The summed E-state index contributed by atoms with van der Waals surface area (Å²) in [5.74, 6) is 0.887. The number of amides is 2. The molecule has 4 rings (SSSR count). The standard InChI is InChI=1S/C21H18N4O2/c1-25(14-19-23-20(24-27-19)16-9-3-2-4-10-16)21(26)22-18-13-7-11-15-8-5-6-12-17(15)18/h2-13H,14H2,1H3,(H,22,26). The lowest BCUT2D eigenvalue weighted by Crippen LogP contribution is -2.31. The van der Waals surface area contributed by atoms with Crippen molar-refractivity contribution in [2.45, 2.75) is 6.54 Å². The van der Waals surface area contributed by atoms with Crippen LogP contribution in [0.5, 0.6) is 0 Å². The fourth-order valence-corrected chi connectivity index (χ4v) is 2.84. The molecular formula is C21H18N4O2. The molecule has 0 unspecified atom stereocenters. The Balaban J connectivity index is 1.46. The van der Waals surface area contributed by atoms with Gasteiger partial charge >= 0.3 is 6.03 Å². The van der Waals surface area contributed by atoms with E-state index in [2.05, 4.69) is 15.5 Å². The number of anilines is 1. The van der Waals surface area contributed by atoms with Gasteiger partial charge in [0.2, 0.25) is 11.7 Å². The Labute approximate surface area is 156 Å². The first-order valence-corrected chi connectivity index (χ1v) is 8.58. The Morgan fingerprint density at radius 1 is 1.00 bits per heavy atom. The van der Waals surface area contributed by atoms with Crippen molar-refractivity contribution in [1.29, 1.82) is 0 Å². The topological polar surface area (TPSA) is 71.3 Å². The molecule has 0 saturated carbocycles. The monoisotopic (exact) mass is 358 g/mol. The molecule has 3 aromatic carbocycles. The molecule has 4 aromatic rings. The predicted molar refractivity (Wildman–Crippen MR) is 104 cm³/mol. The van der Waals surface area contributed by atoms with Gasteiger partial charge in [-0.1, -0.05) is 71.9 Å². The van der Waals surface area contributed by atoms with Crippen LogP contribution >= 0.6 is 0 Å². The van der Waals surface area contributed by atoms with Crippen LogP contribution in [-0.2, 0) is 6.54 Å². The van der Waals surface area contributed by atoms with E-state index in [4.69, 9.17) is 4.52 Å². The second-order valence-electron chi connectivity index (χ2n) is 6.19. The van der Waals surface area contributed by atoms with Crippen molar-refractivity contribution in [3.05, 3.63) is 78.7 Å². The zero-order chi connectivity index (χ0) is 18.6. The zero-order valence-electron chi connectivity index (χ0n) is 14.8. The number of nitrogens with zero attached hydrogens (tertiary/aromatic N) is 3. The summed E-state index contributed by atoms with van der Waals surface area (Å²) in [7, 11) is 1.69. The highest BCUT2D eigenvalue weighted by Crippen LogP contribution is 2.23. The van der Waals surface area contributed by atoms with Crippen LogP contribution in [-0.4, -0.2) is 28.1 Å². The van der Waals surface area contributed by atoms with E-state index in [0.29, 0.717) is 11.7 Å². The number of hydrogen-bond donors (Lipinski definition) is 1. The van der Waals surface area contributed by atoms with Gasteiger partial charge in [0.15, 0.2) is 0 Å². The van der Waals surface area contributed by atoms with E-state index in [0.717, 1.165) is 22.0 Å². The Hall–Kier alpha value is -3.67. The highest BCUT2D eigenvalue weighted by Gasteiger charge is 2.15. The van der Waals surface area contributed by atoms with Gasteiger partial charge in [-0.3, -0.25) is 0 Å². The molecule has 2 amide bonds. The van der Waals surface area contributed by atoms with Crippen molar-refractivity contribution >= 4 is 22.5 Å². The molecule has 134 valence electrons. The van der Waals surface area contributed by atoms with Crippen LogP contribution in [0.2, 0.25) is 0 Å². The number of benzene rings is 3. The third-order valence-corrected chi connectivity index (χ3v) is 4.25. The van der Waals surface area contributed by atoms with E-state index in [-0.39, 0.29) is 12.6 Å². The van der Waals surface area contributed by atoms with Crippen LogP contribution in [0.15, 0.2) is 77.3 Å². The van der Waals surface area contributed by atoms with Crippen molar-refractivity contribution in [2.24, 2.45) is 0 Å². The lowest BCUT2D eigenvalue weighted by atomic mass is 10.1. The van der Waals surface area contributed by atoms with Crippen LogP contribution < -0.4 is 5.32 Å². The minimum Gasteiger partial charge on any atom is -0.337 e. The Morgan fingerprint density at radius 3 is 2.59 bits per heavy atom. The fourth-order valence-electron chi connectivity index (χ4n) is 2.84. The molecule has 6 heteroatoms. The number of fused-ring (bicyclic) bond motifs is 1. The number of aromatic nitrogens is 2. The highest BCUT2D eigenvalue weighted by molar-refractivity contribution is 6.01. The van der Waals surface area contributed by atoms with Gasteiger partial charge in [-0.15, -0.1) is 0 Å². The SMILES string of the molecule is CN(Cc1nc(-c2ccccc2)no1)C(=O)Nc1cccc2ccccc12. The minimum atomic E-state index is -0.245. The molecule has 0 aliphatic rings. The summed E-state index contributed by atoms with van der Waals surface area (Å²) in [6.45, 7) is 0.219. The van der Waals surface area contributed by atoms with Crippen molar-refractivity contribution < 1.29 is 9.32 Å². The minimum absolute atomic E-state index is 0.219. The van der Waals surface area contributed by atoms with Gasteiger partial charge in [-0.25, -0.2) is 4.79 Å². The Bertz CT molecular complexity index is 1070. The number of urea groups is 1. The largest absolute Gasteiger partial charge is 0.337 e. The molecule has 0 bridgehead atoms. The predicted octanol–water partition coefficient (Wildman–Crippen LogP) is 4.55. The smallest absolute Gasteiger partial charge is 0.322 e. The maximum atomic E-state index is 12.6. The molecule has 0 aliphatic heterocycles. The third-order valence-electron chi connectivity index (χ3n) is 4.25. The molecule has 6 nitrogen and oxygen atoms in total. The first-order valence-electron chi connectivity index (χ1n) is 8.58. The normalized spacial score (nSPS) is 10.7. The van der Waals surface area contributed by atoms with E-state index in [1.165, 1.54) is 4.90 Å². The average Bonchev–Trinajstić information content (AvgIpc) is 3.17. The van der Waals surface area contributed by atoms with Crippen molar-refractivity contribution in [3.8, 4) is 11.4 Å². The molecule has 0 fully saturated rings. The summed E-state index contributed by atoms with van der Waals surface area (Å²) in [6.07, 6.45) is 0.